The molecule has 2 aromatic carbocycles. The maximum Gasteiger partial charge on any atom is 0.162 e. The van der Waals surface area contributed by atoms with Crippen LogP contribution in [0.2, 0.25) is 0 Å². The molecular weight excluding hydrogens is 250 g/mol. The molecule has 0 aromatic heterocycles. The number of rotatable bonds is 5. The summed E-state index contributed by atoms with van der Waals surface area (Å²) in [6, 6.07) is 12.4. The third-order valence-corrected chi connectivity index (χ3v) is 3.45. The second-order valence-corrected chi connectivity index (χ2v) is 4.84. The zero-order chi connectivity index (χ0) is 14.5. The molecular formula is C17H21NO2. The highest BCUT2D eigenvalue weighted by molar-refractivity contribution is 5.55. The molecule has 0 saturated carbocycles. The molecule has 3 heteroatoms. The minimum Gasteiger partial charge on any atom is -0.493 e. The standard InChI is InChI=1S/C17H21NO2/c1-12-5-6-14(9-13(12)2)11-18-15-7-8-16(19-3)17(10-15)20-4/h5-10,18H,11H2,1-4H3. The van der Waals surface area contributed by atoms with Crippen molar-refractivity contribution >= 4 is 5.69 Å². The maximum absolute atomic E-state index is 5.30. The van der Waals surface area contributed by atoms with Gasteiger partial charge in [-0.2, -0.15) is 0 Å². The molecule has 0 aliphatic carbocycles. The van der Waals surface area contributed by atoms with Crippen molar-refractivity contribution in [2.24, 2.45) is 0 Å². The van der Waals surface area contributed by atoms with E-state index < -0.39 is 0 Å². The molecule has 106 valence electrons. The molecule has 0 bridgehead atoms. The van der Waals surface area contributed by atoms with Gasteiger partial charge in [-0.25, -0.2) is 0 Å². The first kappa shape index (κ1) is 14.3. The lowest BCUT2D eigenvalue weighted by molar-refractivity contribution is 0.355. The third-order valence-electron chi connectivity index (χ3n) is 3.45. The summed E-state index contributed by atoms with van der Waals surface area (Å²) < 4.78 is 10.5. The normalized spacial score (nSPS) is 10.2. The van der Waals surface area contributed by atoms with E-state index in [9.17, 15) is 0 Å². The largest absolute Gasteiger partial charge is 0.493 e. The number of nitrogens with one attached hydrogen (secondary N) is 1. The van der Waals surface area contributed by atoms with Crippen molar-refractivity contribution in [2.75, 3.05) is 19.5 Å². The Morgan fingerprint density at radius 1 is 0.850 bits per heavy atom. The van der Waals surface area contributed by atoms with E-state index in [4.69, 9.17) is 9.47 Å². The Balaban J connectivity index is 2.08. The van der Waals surface area contributed by atoms with E-state index in [1.807, 2.05) is 18.2 Å². The number of benzene rings is 2. The summed E-state index contributed by atoms with van der Waals surface area (Å²) in [7, 11) is 3.28. The molecule has 0 aliphatic heterocycles. The van der Waals surface area contributed by atoms with Gasteiger partial charge in [-0.1, -0.05) is 18.2 Å². The van der Waals surface area contributed by atoms with E-state index in [0.717, 1.165) is 23.7 Å². The quantitative estimate of drug-likeness (QED) is 0.893. The number of ether oxygens (including phenoxy) is 2. The predicted octanol–water partition coefficient (Wildman–Crippen LogP) is 3.93. The number of hydrogen-bond acceptors (Lipinski definition) is 3. The molecule has 0 amide bonds. The van der Waals surface area contributed by atoms with Crippen LogP contribution in [0.25, 0.3) is 0 Å². The predicted molar refractivity (Wildman–Crippen MR) is 82.8 cm³/mol. The summed E-state index contributed by atoms with van der Waals surface area (Å²) >= 11 is 0. The van der Waals surface area contributed by atoms with Crippen LogP contribution in [-0.2, 0) is 6.54 Å². The van der Waals surface area contributed by atoms with E-state index in [2.05, 4.69) is 37.4 Å². The van der Waals surface area contributed by atoms with E-state index >= 15 is 0 Å². The molecule has 3 nitrogen and oxygen atoms in total. The number of hydrogen-bond donors (Lipinski definition) is 1. The second kappa shape index (κ2) is 6.33. The number of aryl methyl sites for hydroxylation is 2. The molecule has 2 rings (SSSR count). The van der Waals surface area contributed by atoms with Crippen LogP contribution in [0, 0.1) is 13.8 Å². The Labute approximate surface area is 120 Å². The van der Waals surface area contributed by atoms with Gasteiger partial charge in [0.15, 0.2) is 11.5 Å². The molecule has 0 radical (unpaired) electrons. The molecule has 1 N–H and O–H groups in total. The van der Waals surface area contributed by atoms with Gasteiger partial charge >= 0.3 is 0 Å². The van der Waals surface area contributed by atoms with Crippen LogP contribution in [-0.4, -0.2) is 14.2 Å². The molecule has 0 heterocycles. The minimum atomic E-state index is 0.734. The lowest BCUT2D eigenvalue weighted by Crippen LogP contribution is -2.01. The van der Waals surface area contributed by atoms with Crippen LogP contribution in [0.4, 0.5) is 5.69 Å². The fraction of sp³-hybridized carbons (Fsp3) is 0.294. The zero-order valence-electron chi connectivity index (χ0n) is 12.5. The van der Waals surface area contributed by atoms with Crippen molar-refractivity contribution in [2.45, 2.75) is 20.4 Å². The van der Waals surface area contributed by atoms with Crippen molar-refractivity contribution in [3.8, 4) is 11.5 Å². The van der Waals surface area contributed by atoms with Crippen molar-refractivity contribution in [3.05, 3.63) is 53.1 Å². The lowest BCUT2D eigenvalue weighted by atomic mass is 10.1. The molecule has 0 atom stereocenters. The average Bonchev–Trinajstić information content (AvgIpc) is 2.48. The van der Waals surface area contributed by atoms with Crippen LogP contribution in [0.1, 0.15) is 16.7 Å². The van der Waals surface area contributed by atoms with Gasteiger partial charge < -0.3 is 14.8 Å². The van der Waals surface area contributed by atoms with E-state index in [-0.39, 0.29) is 0 Å². The van der Waals surface area contributed by atoms with Gasteiger partial charge in [0.25, 0.3) is 0 Å². The van der Waals surface area contributed by atoms with Crippen LogP contribution < -0.4 is 14.8 Å². The van der Waals surface area contributed by atoms with Gasteiger partial charge in [-0.05, 0) is 42.7 Å². The molecule has 20 heavy (non-hydrogen) atoms. The summed E-state index contributed by atoms with van der Waals surface area (Å²) in [4.78, 5) is 0. The summed E-state index contributed by atoms with van der Waals surface area (Å²) in [5.74, 6) is 1.47. The van der Waals surface area contributed by atoms with Crippen LogP contribution >= 0.6 is 0 Å². The molecule has 0 spiro atoms. The zero-order valence-corrected chi connectivity index (χ0v) is 12.5. The number of methoxy groups -OCH3 is 2. The van der Waals surface area contributed by atoms with Gasteiger partial charge in [-0.3, -0.25) is 0 Å². The highest BCUT2D eigenvalue weighted by Crippen LogP contribution is 2.29. The van der Waals surface area contributed by atoms with E-state index in [1.165, 1.54) is 16.7 Å². The third kappa shape index (κ3) is 3.23. The second-order valence-electron chi connectivity index (χ2n) is 4.84. The Kier molecular flexibility index (Phi) is 4.51. The SMILES string of the molecule is COc1ccc(NCc2ccc(C)c(C)c2)cc1OC. The lowest BCUT2D eigenvalue weighted by Gasteiger charge is -2.12. The van der Waals surface area contributed by atoms with Gasteiger partial charge in [0, 0.05) is 18.3 Å². The highest BCUT2D eigenvalue weighted by Gasteiger charge is 2.04. The average molecular weight is 271 g/mol. The van der Waals surface area contributed by atoms with Crippen LogP contribution in [0.5, 0.6) is 11.5 Å². The minimum absolute atomic E-state index is 0.734. The van der Waals surface area contributed by atoms with Crippen LogP contribution in [0.3, 0.4) is 0 Å². The first-order valence-electron chi connectivity index (χ1n) is 6.66. The molecule has 0 fully saturated rings. The first-order valence-corrected chi connectivity index (χ1v) is 6.66. The Morgan fingerprint density at radius 2 is 1.60 bits per heavy atom. The monoisotopic (exact) mass is 271 g/mol. The van der Waals surface area contributed by atoms with Crippen molar-refractivity contribution < 1.29 is 9.47 Å². The smallest absolute Gasteiger partial charge is 0.162 e. The molecule has 0 aliphatic rings. The molecule has 0 unspecified atom stereocenters. The summed E-state index contributed by atoms with van der Waals surface area (Å²) in [5.41, 5.74) is 4.92. The Hall–Kier alpha value is -2.16. The Bertz CT molecular complexity index is 594. The maximum atomic E-state index is 5.30. The van der Waals surface area contributed by atoms with Gasteiger partial charge in [0.05, 0.1) is 14.2 Å². The summed E-state index contributed by atoms with van der Waals surface area (Å²) in [6.07, 6.45) is 0. The van der Waals surface area contributed by atoms with Gasteiger partial charge in [-0.15, -0.1) is 0 Å². The van der Waals surface area contributed by atoms with Crippen molar-refractivity contribution in [3.63, 3.8) is 0 Å². The van der Waals surface area contributed by atoms with Gasteiger partial charge in [0.1, 0.15) is 0 Å². The fourth-order valence-corrected chi connectivity index (χ4v) is 2.06. The van der Waals surface area contributed by atoms with Crippen molar-refractivity contribution in [1.82, 2.24) is 0 Å². The summed E-state index contributed by atoms with van der Waals surface area (Å²) in [5, 5.41) is 3.40. The number of anilines is 1. The Morgan fingerprint density at radius 3 is 2.25 bits per heavy atom. The van der Waals surface area contributed by atoms with Crippen molar-refractivity contribution in [1.29, 1.82) is 0 Å². The first-order chi connectivity index (χ1) is 9.63. The summed E-state index contributed by atoms with van der Waals surface area (Å²) in [6.45, 7) is 5.05. The molecule has 0 saturated heterocycles. The van der Waals surface area contributed by atoms with Crippen LogP contribution in [0.15, 0.2) is 36.4 Å². The molecule has 2 aromatic rings. The topological polar surface area (TPSA) is 30.5 Å². The van der Waals surface area contributed by atoms with E-state index in [0.29, 0.717) is 0 Å². The van der Waals surface area contributed by atoms with E-state index in [1.54, 1.807) is 14.2 Å². The highest BCUT2D eigenvalue weighted by atomic mass is 16.5. The van der Waals surface area contributed by atoms with Gasteiger partial charge in [0.2, 0.25) is 0 Å². The fourth-order valence-electron chi connectivity index (χ4n) is 2.06.